The molecule has 142 valence electrons. The van der Waals surface area contributed by atoms with Crippen LogP contribution < -0.4 is 5.06 Å². The number of rotatable bonds is 5. The van der Waals surface area contributed by atoms with Crippen LogP contribution >= 0.6 is 11.3 Å². The van der Waals surface area contributed by atoms with E-state index >= 15 is 0 Å². The summed E-state index contributed by atoms with van der Waals surface area (Å²) >= 11 is 1.53. The van der Waals surface area contributed by atoms with E-state index in [0.29, 0.717) is 11.6 Å². The molecule has 0 bridgehead atoms. The monoisotopic (exact) mass is 393 g/mol. The number of hydrogen-bond acceptors (Lipinski definition) is 9. The van der Waals surface area contributed by atoms with Crippen LogP contribution in [0.5, 0.6) is 0 Å². The third-order valence-electron chi connectivity index (χ3n) is 4.32. The van der Waals surface area contributed by atoms with Gasteiger partial charge in [-0.05, 0) is 32.4 Å². The van der Waals surface area contributed by atoms with Crippen LogP contribution in [0.15, 0.2) is 36.9 Å². The van der Waals surface area contributed by atoms with Gasteiger partial charge >= 0.3 is 0 Å². The average molecular weight is 393 g/mol. The molecule has 4 rings (SSSR count). The standard InChI is InChI=1S/C19H19N7OS/c1-11-8-20-17(21-9-11)14-6-5-7-15-16(14)18(23-10-22-15)26(27-4)12(2)19-25-24-13(3)28-19/h5-10,12H,1-4H3. The Morgan fingerprint density at radius 3 is 2.50 bits per heavy atom. The van der Waals surface area contributed by atoms with Crippen LogP contribution in [-0.2, 0) is 4.84 Å². The Balaban J connectivity index is 1.89. The molecule has 1 aromatic carbocycles. The van der Waals surface area contributed by atoms with Crippen molar-refractivity contribution in [2.45, 2.75) is 26.8 Å². The van der Waals surface area contributed by atoms with Crippen LogP contribution in [0.2, 0.25) is 0 Å². The highest BCUT2D eigenvalue weighted by molar-refractivity contribution is 7.11. The fourth-order valence-electron chi connectivity index (χ4n) is 2.99. The van der Waals surface area contributed by atoms with Crippen molar-refractivity contribution >= 4 is 28.1 Å². The lowest BCUT2D eigenvalue weighted by molar-refractivity contribution is 0.142. The van der Waals surface area contributed by atoms with Gasteiger partial charge in [0.2, 0.25) is 0 Å². The largest absolute Gasteiger partial charge is 0.275 e. The molecule has 0 saturated heterocycles. The summed E-state index contributed by atoms with van der Waals surface area (Å²) in [5.74, 6) is 1.25. The van der Waals surface area contributed by atoms with Gasteiger partial charge in [-0.1, -0.05) is 23.5 Å². The second kappa shape index (κ2) is 7.53. The Kier molecular flexibility index (Phi) is 4.93. The summed E-state index contributed by atoms with van der Waals surface area (Å²) in [5, 5.41) is 12.7. The molecule has 0 aliphatic heterocycles. The van der Waals surface area contributed by atoms with Gasteiger partial charge in [0.25, 0.3) is 0 Å². The number of aryl methyl sites for hydroxylation is 2. The van der Waals surface area contributed by atoms with E-state index in [-0.39, 0.29) is 6.04 Å². The molecule has 0 spiro atoms. The minimum Gasteiger partial charge on any atom is -0.275 e. The van der Waals surface area contributed by atoms with Crippen LogP contribution in [0.4, 0.5) is 5.82 Å². The zero-order valence-electron chi connectivity index (χ0n) is 16.0. The van der Waals surface area contributed by atoms with Crippen LogP contribution in [0, 0.1) is 13.8 Å². The molecular formula is C19H19N7OS. The van der Waals surface area contributed by atoms with E-state index in [2.05, 4.69) is 30.1 Å². The summed E-state index contributed by atoms with van der Waals surface area (Å²) in [7, 11) is 1.61. The van der Waals surface area contributed by atoms with E-state index in [9.17, 15) is 0 Å². The first-order chi connectivity index (χ1) is 13.6. The Morgan fingerprint density at radius 2 is 1.82 bits per heavy atom. The van der Waals surface area contributed by atoms with Crippen molar-refractivity contribution in [3.8, 4) is 11.4 Å². The van der Waals surface area contributed by atoms with Crippen molar-refractivity contribution in [2.75, 3.05) is 12.2 Å². The van der Waals surface area contributed by atoms with Crippen molar-refractivity contribution in [2.24, 2.45) is 0 Å². The minimum absolute atomic E-state index is 0.179. The predicted molar refractivity (Wildman–Crippen MR) is 108 cm³/mol. The normalized spacial score (nSPS) is 12.3. The molecule has 9 heteroatoms. The number of benzene rings is 1. The molecule has 0 aliphatic rings. The van der Waals surface area contributed by atoms with E-state index < -0.39 is 0 Å². The van der Waals surface area contributed by atoms with Gasteiger partial charge in [-0.25, -0.2) is 25.0 Å². The zero-order valence-corrected chi connectivity index (χ0v) is 16.8. The van der Waals surface area contributed by atoms with Gasteiger partial charge in [-0.2, -0.15) is 0 Å². The maximum Gasteiger partial charge on any atom is 0.165 e. The molecule has 1 unspecified atom stereocenters. The smallest absolute Gasteiger partial charge is 0.165 e. The number of hydroxylamine groups is 1. The first kappa shape index (κ1) is 18.3. The maximum absolute atomic E-state index is 5.72. The van der Waals surface area contributed by atoms with Gasteiger partial charge in [0.15, 0.2) is 11.6 Å². The Hall–Kier alpha value is -3.04. The Labute approximate surface area is 166 Å². The van der Waals surface area contributed by atoms with Crippen LogP contribution in [0.3, 0.4) is 0 Å². The molecule has 0 aliphatic carbocycles. The molecule has 28 heavy (non-hydrogen) atoms. The molecule has 3 aromatic heterocycles. The molecule has 0 radical (unpaired) electrons. The van der Waals surface area contributed by atoms with Crippen LogP contribution in [-0.4, -0.2) is 37.2 Å². The van der Waals surface area contributed by atoms with Crippen LogP contribution in [0.25, 0.3) is 22.3 Å². The van der Waals surface area contributed by atoms with Crippen molar-refractivity contribution in [3.63, 3.8) is 0 Å². The summed E-state index contributed by atoms with van der Waals surface area (Å²) in [6.45, 7) is 5.89. The highest BCUT2D eigenvalue weighted by Crippen LogP contribution is 2.36. The minimum atomic E-state index is -0.179. The van der Waals surface area contributed by atoms with Gasteiger partial charge in [0, 0.05) is 18.0 Å². The van der Waals surface area contributed by atoms with Crippen molar-refractivity contribution < 1.29 is 4.84 Å². The first-order valence-corrected chi connectivity index (χ1v) is 9.56. The lowest BCUT2D eigenvalue weighted by atomic mass is 10.1. The van der Waals surface area contributed by atoms with E-state index in [1.165, 1.54) is 17.7 Å². The summed E-state index contributed by atoms with van der Waals surface area (Å²) in [6.07, 6.45) is 5.12. The van der Waals surface area contributed by atoms with E-state index in [1.807, 2.05) is 39.0 Å². The molecule has 8 nitrogen and oxygen atoms in total. The van der Waals surface area contributed by atoms with Crippen molar-refractivity contribution in [3.05, 3.63) is 52.5 Å². The SMILES string of the molecule is CON(c1ncnc2cccc(-c3ncc(C)cn3)c12)C(C)c1nnc(C)s1. The lowest BCUT2D eigenvalue weighted by Crippen LogP contribution is -2.27. The number of hydrogen-bond donors (Lipinski definition) is 0. The second-order valence-electron chi connectivity index (χ2n) is 6.32. The Morgan fingerprint density at radius 1 is 1.04 bits per heavy atom. The second-order valence-corrected chi connectivity index (χ2v) is 7.54. The summed E-state index contributed by atoms with van der Waals surface area (Å²) in [6, 6.07) is 5.66. The fourth-order valence-corrected chi connectivity index (χ4v) is 3.72. The average Bonchev–Trinajstić information content (AvgIpc) is 3.15. The van der Waals surface area contributed by atoms with Gasteiger partial charge < -0.3 is 0 Å². The third-order valence-corrected chi connectivity index (χ3v) is 5.33. The topological polar surface area (TPSA) is 89.8 Å². The molecule has 0 amide bonds. The molecule has 0 N–H and O–H groups in total. The quantitative estimate of drug-likeness (QED) is 0.474. The molecule has 4 aromatic rings. The molecular weight excluding hydrogens is 374 g/mol. The van der Waals surface area contributed by atoms with E-state index in [0.717, 1.165) is 32.0 Å². The van der Waals surface area contributed by atoms with E-state index in [4.69, 9.17) is 4.84 Å². The van der Waals surface area contributed by atoms with Gasteiger partial charge in [-0.15, -0.1) is 10.2 Å². The summed E-state index contributed by atoms with van der Waals surface area (Å²) in [5.41, 5.74) is 2.63. The highest BCUT2D eigenvalue weighted by Gasteiger charge is 2.25. The summed E-state index contributed by atoms with van der Waals surface area (Å²) in [4.78, 5) is 23.6. The summed E-state index contributed by atoms with van der Waals surface area (Å²) < 4.78 is 0. The fraction of sp³-hybridized carbons (Fsp3) is 0.263. The highest BCUT2D eigenvalue weighted by atomic mass is 32.1. The molecule has 0 fully saturated rings. The lowest BCUT2D eigenvalue weighted by Gasteiger charge is -2.27. The molecule has 3 heterocycles. The molecule has 1 atom stereocenters. The van der Waals surface area contributed by atoms with Crippen molar-refractivity contribution in [1.82, 2.24) is 30.1 Å². The van der Waals surface area contributed by atoms with Gasteiger partial charge in [0.05, 0.1) is 18.0 Å². The third kappa shape index (κ3) is 3.30. The van der Waals surface area contributed by atoms with Gasteiger partial charge in [-0.3, -0.25) is 4.84 Å². The van der Waals surface area contributed by atoms with E-state index in [1.54, 1.807) is 24.6 Å². The van der Waals surface area contributed by atoms with Crippen LogP contribution in [0.1, 0.15) is 28.5 Å². The number of fused-ring (bicyclic) bond motifs is 1. The van der Waals surface area contributed by atoms with Gasteiger partial charge in [0.1, 0.15) is 22.4 Å². The predicted octanol–water partition coefficient (Wildman–Crippen LogP) is 3.68. The number of anilines is 1. The Bertz CT molecular complexity index is 1110. The molecule has 0 saturated carbocycles. The number of aromatic nitrogens is 6. The maximum atomic E-state index is 5.72. The zero-order chi connectivity index (χ0) is 19.7. The van der Waals surface area contributed by atoms with Crippen molar-refractivity contribution in [1.29, 1.82) is 0 Å². The number of nitrogens with zero attached hydrogens (tertiary/aromatic N) is 7. The first-order valence-electron chi connectivity index (χ1n) is 8.74.